The summed E-state index contributed by atoms with van der Waals surface area (Å²) >= 11 is 0. The number of aliphatic hydroxyl groups is 1. The van der Waals surface area contributed by atoms with E-state index in [1.807, 2.05) is 18.2 Å². The van der Waals surface area contributed by atoms with Gasteiger partial charge >= 0.3 is 5.97 Å². The van der Waals surface area contributed by atoms with Crippen LogP contribution in [-0.2, 0) is 9.53 Å². The predicted molar refractivity (Wildman–Crippen MR) is 114 cm³/mol. The van der Waals surface area contributed by atoms with Crippen LogP contribution in [0.1, 0.15) is 75.6 Å². The number of Topliss-reactive ketones (excluding diaryl/α,β-unsaturated/α-hetero) is 1. The zero-order valence-electron chi connectivity index (χ0n) is 18.2. The quantitative estimate of drug-likeness (QED) is 0.727. The summed E-state index contributed by atoms with van der Waals surface area (Å²) in [6, 6.07) is 9.20. The van der Waals surface area contributed by atoms with Crippen LogP contribution >= 0.6 is 0 Å². The molecular formula is C26H34O4. The average molecular weight is 411 g/mol. The SMILES string of the molecule is CC1(CO)CCCC2(C)C1C(OC(=O)c1ccccc1)CC1CC(=O)C3CCC12C3. The molecule has 0 amide bonds. The van der Waals surface area contributed by atoms with Crippen molar-refractivity contribution in [3.05, 3.63) is 35.9 Å². The Labute approximate surface area is 179 Å². The maximum atomic E-state index is 13.0. The third kappa shape index (κ3) is 2.68. The highest BCUT2D eigenvalue weighted by Crippen LogP contribution is 2.73. The predicted octanol–water partition coefficient (Wildman–Crippen LogP) is 4.80. The standard InChI is InChI=1S/C26H34O4/c1-24(16-27)10-6-11-25(2)22(24)21(30-23(29)17-7-4-3-5-8-17)14-19-13-20(28)18-9-12-26(19,25)15-18/h3-5,7-8,18-19,21-22,27H,6,9-16H2,1-2H3. The van der Waals surface area contributed by atoms with Crippen molar-refractivity contribution in [3.63, 3.8) is 0 Å². The number of aliphatic hydroxyl groups excluding tert-OH is 1. The number of ketones is 1. The van der Waals surface area contributed by atoms with Crippen molar-refractivity contribution in [2.24, 2.45) is 34.0 Å². The lowest BCUT2D eigenvalue weighted by Crippen LogP contribution is -2.65. The second-order valence-electron chi connectivity index (χ2n) is 11.1. The molecule has 4 saturated carbocycles. The Morgan fingerprint density at radius 3 is 2.67 bits per heavy atom. The van der Waals surface area contributed by atoms with Crippen LogP contribution in [-0.4, -0.2) is 29.6 Å². The summed E-state index contributed by atoms with van der Waals surface area (Å²) < 4.78 is 6.24. The number of hydrogen-bond acceptors (Lipinski definition) is 4. The summed E-state index contributed by atoms with van der Waals surface area (Å²) in [5.41, 5.74) is 0.459. The topological polar surface area (TPSA) is 63.6 Å². The van der Waals surface area contributed by atoms with Gasteiger partial charge in [0.15, 0.2) is 0 Å². The average Bonchev–Trinajstić information content (AvgIpc) is 3.14. The van der Waals surface area contributed by atoms with E-state index in [-0.39, 0.29) is 46.8 Å². The number of benzene rings is 1. The van der Waals surface area contributed by atoms with E-state index in [9.17, 15) is 14.7 Å². The highest BCUT2D eigenvalue weighted by atomic mass is 16.5. The van der Waals surface area contributed by atoms with Crippen molar-refractivity contribution in [2.75, 3.05) is 6.61 Å². The zero-order valence-corrected chi connectivity index (χ0v) is 18.2. The minimum atomic E-state index is -0.281. The van der Waals surface area contributed by atoms with Crippen molar-refractivity contribution in [1.82, 2.24) is 0 Å². The molecule has 4 aliphatic rings. The molecular weight excluding hydrogens is 376 g/mol. The van der Waals surface area contributed by atoms with Gasteiger partial charge in [-0.2, -0.15) is 0 Å². The van der Waals surface area contributed by atoms with Crippen molar-refractivity contribution in [2.45, 2.75) is 71.3 Å². The Balaban J connectivity index is 1.55. The molecule has 4 fully saturated rings. The van der Waals surface area contributed by atoms with Gasteiger partial charge in [-0.15, -0.1) is 0 Å². The van der Waals surface area contributed by atoms with Crippen LogP contribution in [0.15, 0.2) is 30.3 Å². The van der Waals surface area contributed by atoms with Gasteiger partial charge in [0.1, 0.15) is 11.9 Å². The van der Waals surface area contributed by atoms with Crippen molar-refractivity contribution < 1.29 is 19.4 Å². The molecule has 1 N–H and O–H groups in total. The van der Waals surface area contributed by atoms with E-state index in [2.05, 4.69) is 13.8 Å². The number of hydrogen-bond donors (Lipinski definition) is 1. The molecule has 0 aliphatic heterocycles. The summed E-state index contributed by atoms with van der Waals surface area (Å²) in [7, 11) is 0. The molecule has 162 valence electrons. The van der Waals surface area contributed by atoms with Gasteiger partial charge < -0.3 is 9.84 Å². The fraction of sp³-hybridized carbons (Fsp3) is 0.692. The first-order chi connectivity index (χ1) is 14.3. The second kappa shape index (κ2) is 6.91. The largest absolute Gasteiger partial charge is 0.458 e. The molecule has 30 heavy (non-hydrogen) atoms. The van der Waals surface area contributed by atoms with E-state index in [0.29, 0.717) is 23.7 Å². The van der Waals surface area contributed by atoms with Crippen LogP contribution in [0.3, 0.4) is 0 Å². The summed E-state index contributed by atoms with van der Waals surface area (Å²) in [6.07, 6.45) is 7.44. The number of fused-ring (bicyclic) bond motifs is 2. The van der Waals surface area contributed by atoms with E-state index in [1.54, 1.807) is 12.1 Å². The lowest BCUT2D eigenvalue weighted by Gasteiger charge is -2.67. The van der Waals surface area contributed by atoms with Gasteiger partial charge in [-0.1, -0.05) is 38.5 Å². The van der Waals surface area contributed by atoms with E-state index in [1.165, 1.54) is 0 Å². The monoisotopic (exact) mass is 410 g/mol. The molecule has 1 spiro atoms. The third-order valence-electron chi connectivity index (χ3n) is 9.77. The van der Waals surface area contributed by atoms with Gasteiger partial charge in [0.05, 0.1) is 5.56 Å². The number of rotatable bonds is 3. The number of carbonyl (C=O) groups excluding carboxylic acids is 2. The first-order valence-corrected chi connectivity index (χ1v) is 11.7. The fourth-order valence-electron chi connectivity index (χ4n) is 8.47. The highest BCUT2D eigenvalue weighted by Gasteiger charge is 2.70. The Bertz CT molecular complexity index is 850. The highest BCUT2D eigenvalue weighted by molar-refractivity contribution is 5.89. The molecule has 4 nitrogen and oxygen atoms in total. The van der Waals surface area contributed by atoms with E-state index < -0.39 is 0 Å². The minimum absolute atomic E-state index is 0.0112. The Kier molecular flexibility index (Phi) is 4.66. The van der Waals surface area contributed by atoms with Gasteiger partial charge in [0.25, 0.3) is 0 Å². The summed E-state index contributed by atoms with van der Waals surface area (Å²) in [5, 5.41) is 10.5. The van der Waals surface area contributed by atoms with Gasteiger partial charge in [0.2, 0.25) is 0 Å². The first kappa shape index (κ1) is 20.2. The lowest BCUT2D eigenvalue weighted by molar-refractivity contribution is -0.221. The molecule has 2 bridgehead atoms. The molecule has 0 saturated heterocycles. The Morgan fingerprint density at radius 2 is 1.93 bits per heavy atom. The molecule has 0 aromatic heterocycles. The number of carbonyl (C=O) groups is 2. The molecule has 1 aromatic rings. The van der Waals surface area contributed by atoms with E-state index in [0.717, 1.165) is 44.9 Å². The van der Waals surface area contributed by atoms with Gasteiger partial charge in [0, 0.05) is 24.9 Å². The van der Waals surface area contributed by atoms with Crippen molar-refractivity contribution in [3.8, 4) is 0 Å². The maximum Gasteiger partial charge on any atom is 0.338 e. The number of ether oxygens (including phenoxy) is 1. The summed E-state index contributed by atoms with van der Waals surface area (Å²) in [5.74, 6) is 0.781. The van der Waals surface area contributed by atoms with Crippen LogP contribution in [0.5, 0.6) is 0 Å². The van der Waals surface area contributed by atoms with Gasteiger partial charge in [-0.25, -0.2) is 4.79 Å². The van der Waals surface area contributed by atoms with Crippen LogP contribution in [0.25, 0.3) is 0 Å². The van der Waals surface area contributed by atoms with Crippen LogP contribution in [0.4, 0.5) is 0 Å². The van der Waals surface area contributed by atoms with Gasteiger partial charge in [-0.3, -0.25) is 4.79 Å². The minimum Gasteiger partial charge on any atom is -0.458 e. The van der Waals surface area contributed by atoms with Crippen molar-refractivity contribution >= 4 is 11.8 Å². The molecule has 7 atom stereocenters. The normalized spacial score (nSPS) is 44.8. The molecule has 7 unspecified atom stereocenters. The molecule has 5 rings (SSSR count). The number of esters is 1. The first-order valence-electron chi connectivity index (χ1n) is 11.7. The Morgan fingerprint density at radius 1 is 1.17 bits per heavy atom. The van der Waals surface area contributed by atoms with E-state index in [4.69, 9.17) is 4.74 Å². The maximum absolute atomic E-state index is 13.0. The van der Waals surface area contributed by atoms with Crippen molar-refractivity contribution in [1.29, 1.82) is 0 Å². The molecule has 1 aromatic carbocycles. The summed E-state index contributed by atoms with van der Waals surface area (Å²) in [6.45, 7) is 4.71. The second-order valence-corrected chi connectivity index (χ2v) is 11.1. The fourth-order valence-corrected chi connectivity index (χ4v) is 8.47. The van der Waals surface area contributed by atoms with Crippen LogP contribution < -0.4 is 0 Å². The van der Waals surface area contributed by atoms with Gasteiger partial charge in [-0.05, 0) is 72.8 Å². The Hall–Kier alpha value is -1.68. The third-order valence-corrected chi connectivity index (χ3v) is 9.77. The van der Waals surface area contributed by atoms with E-state index >= 15 is 0 Å². The molecule has 0 radical (unpaired) electrons. The summed E-state index contributed by atoms with van der Waals surface area (Å²) in [4.78, 5) is 25.8. The lowest BCUT2D eigenvalue weighted by atomic mass is 9.38. The molecule has 4 aliphatic carbocycles. The zero-order chi connectivity index (χ0) is 21.1. The molecule has 4 heteroatoms. The molecule has 0 heterocycles. The van der Waals surface area contributed by atoms with Crippen LogP contribution in [0.2, 0.25) is 0 Å². The smallest absolute Gasteiger partial charge is 0.338 e. The van der Waals surface area contributed by atoms with Crippen LogP contribution in [0, 0.1) is 34.0 Å².